The minimum absolute atomic E-state index is 0.257. The van der Waals surface area contributed by atoms with E-state index >= 15 is 0 Å². The molecule has 13 nitrogen and oxygen atoms in total. The molecule has 1 saturated heterocycles. The molecular formula is C42H41N9O4. The van der Waals surface area contributed by atoms with Gasteiger partial charge in [-0.15, -0.1) is 0 Å². The van der Waals surface area contributed by atoms with Crippen molar-refractivity contribution in [2.24, 2.45) is 0 Å². The number of rotatable bonds is 11. The van der Waals surface area contributed by atoms with Crippen LogP contribution in [0.4, 0.5) is 28.2 Å². The predicted molar refractivity (Wildman–Crippen MR) is 212 cm³/mol. The number of hydrogen-bond donors (Lipinski definition) is 1. The van der Waals surface area contributed by atoms with E-state index in [4.69, 9.17) is 34.1 Å². The molecule has 2 aliphatic rings. The van der Waals surface area contributed by atoms with Crippen LogP contribution in [-0.2, 0) is 24.2 Å². The molecule has 0 unspecified atom stereocenters. The number of amides is 2. The second-order valence-electron chi connectivity index (χ2n) is 13.2. The first-order chi connectivity index (χ1) is 27.0. The summed E-state index contributed by atoms with van der Waals surface area (Å²) in [6, 6.07) is 27.4. The molecule has 0 saturated carbocycles. The van der Waals surface area contributed by atoms with Crippen molar-refractivity contribution in [1.82, 2.24) is 24.9 Å². The van der Waals surface area contributed by atoms with E-state index in [1.54, 1.807) is 31.5 Å². The summed E-state index contributed by atoms with van der Waals surface area (Å²) in [5.41, 5.74) is 7.31. The van der Waals surface area contributed by atoms with Gasteiger partial charge in [-0.25, -0.2) is 19.7 Å². The first kappa shape index (κ1) is 35.4. The predicted octanol–water partition coefficient (Wildman–Crippen LogP) is 6.65. The quantitative estimate of drug-likeness (QED) is 0.154. The van der Waals surface area contributed by atoms with Crippen LogP contribution in [0.1, 0.15) is 16.7 Å². The number of methoxy groups -OCH3 is 2. The number of hydrogen-bond acceptors (Lipinski definition) is 11. The standard InChI is InChI=1S/C42H41N9O4/c1-53-35-11-3-29(4-12-35)27-50(28-30-5-13-36(54-2)14-6-30)40-44-25-33(26-45-40)38-37-17-20-51(39(37)48-41(47-38)49-21-23-55-24-22-49)42(52)46-34-9-7-31(8-10-34)32-15-18-43-19-16-32/h3-16,18-19,25-26H,17,20-24,27-28H2,1-2H3,(H,46,52). The van der Waals surface area contributed by atoms with Gasteiger partial charge in [0.05, 0.1) is 33.1 Å². The van der Waals surface area contributed by atoms with Gasteiger partial charge in [-0.1, -0.05) is 36.4 Å². The molecule has 0 atom stereocenters. The summed E-state index contributed by atoms with van der Waals surface area (Å²) in [4.78, 5) is 43.7. The maximum Gasteiger partial charge on any atom is 0.327 e. The maximum atomic E-state index is 13.8. The lowest BCUT2D eigenvalue weighted by Gasteiger charge is -2.28. The van der Waals surface area contributed by atoms with Crippen LogP contribution in [0, 0.1) is 0 Å². The van der Waals surface area contributed by atoms with Crippen molar-refractivity contribution in [1.29, 1.82) is 0 Å². The number of aromatic nitrogens is 5. The summed E-state index contributed by atoms with van der Waals surface area (Å²) in [7, 11) is 3.32. The van der Waals surface area contributed by atoms with Crippen LogP contribution >= 0.6 is 0 Å². The van der Waals surface area contributed by atoms with E-state index in [0.29, 0.717) is 81.5 Å². The Balaban J connectivity index is 1.08. The lowest BCUT2D eigenvalue weighted by molar-refractivity contribution is 0.122. The van der Waals surface area contributed by atoms with Gasteiger partial charge in [0.15, 0.2) is 0 Å². The molecule has 0 radical (unpaired) electrons. The first-order valence-electron chi connectivity index (χ1n) is 18.2. The van der Waals surface area contributed by atoms with Crippen molar-refractivity contribution in [2.45, 2.75) is 19.5 Å². The average Bonchev–Trinajstić information content (AvgIpc) is 3.69. The van der Waals surface area contributed by atoms with Crippen LogP contribution in [0.2, 0.25) is 0 Å². The van der Waals surface area contributed by atoms with Crippen molar-refractivity contribution >= 4 is 29.4 Å². The second kappa shape index (κ2) is 16.2. The minimum atomic E-state index is -0.257. The fourth-order valence-electron chi connectivity index (χ4n) is 6.77. The van der Waals surface area contributed by atoms with Crippen LogP contribution in [0.15, 0.2) is 110 Å². The van der Waals surface area contributed by atoms with Gasteiger partial charge in [0, 0.05) is 74.3 Å². The molecule has 5 heterocycles. The summed E-state index contributed by atoms with van der Waals surface area (Å²) in [5, 5.41) is 3.07. The van der Waals surface area contributed by atoms with Crippen LogP contribution in [-0.4, -0.2) is 78.0 Å². The zero-order valence-electron chi connectivity index (χ0n) is 30.8. The van der Waals surface area contributed by atoms with Crippen molar-refractivity contribution in [3.8, 4) is 33.9 Å². The number of benzene rings is 3. The van der Waals surface area contributed by atoms with Gasteiger partial charge in [-0.2, -0.15) is 4.98 Å². The maximum absolute atomic E-state index is 13.8. The molecule has 3 aromatic heterocycles. The highest BCUT2D eigenvalue weighted by atomic mass is 16.5. The first-order valence-corrected chi connectivity index (χ1v) is 18.2. The van der Waals surface area contributed by atoms with E-state index in [2.05, 4.69) is 20.1 Å². The summed E-state index contributed by atoms with van der Waals surface area (Å²) in [6.07, 6.45) is 7.75. The summed E-state index contributed by atoms with van der Waals surface area (Å²) in [6.45, 7) is 4.06. The molecule has 2 amide bonds. The Bertz CT molecular complexity index is 2170. The number of urea groups is 1. The Kier molecular flexibility index (Phi) is 10.4. The molecule has 278 valence electrons. The molecule has 1 N–H and O–H groups in total. The lowest BCUT2D eigenvalue weighted by atomic mass is 10.1. The molecule has 8 rings (SSSR count). The normalized spacial score (nSPS) is 13.6. The smallest absolute Gasteiger partial charge is 0.327 e. The SMILES string of the molecule is COc1ccc(CN(Cc2ccc(OC)cc2)c2ncc(-c3nc(N4CCOCC4)nc4c3CCN4C(=O)Nc3ccc(-c4ccncc4)cc3)cn2)cc1. The molecule has 13 heteroatoms. The van der Waals surface area contributed by atoms with Gasteiger partial charge in [0.1, 0.15) is 17.3 Å². The number of pyridine rings is 1. The lowest BCUT2D eigenvalue weighted by Crippen LogP contribution is -2.38. The van der Waals surface area contributed by atoms with Crippen LogP contribution in [0.25, 0.3) is 22.4 Å². The molecule has 1 fully saturated rings. The molecule has 2 aliphatic heterocycles. The van der Waals surface area contributed by atoms with Crippen LogP contribution in [0.3, 0.4) is 0 Å². The summed E-state index contributed by atoms with van der Waals surface area (Å²) < 4.78 is 16.4. The van der Waals surface area contributed by atoms with E-state index < -0.39 is 0 Å². The summed E-state index contributed by atoms with van der Waals surface area (Å²) in [5.74, 6) is 3.30. The van der Waals surface area contributed by atoms with Crippen molar-refractivity contribution in [3.63, 3.8) is 0 Å². The van der Waals surface area contributed by atoms with E-state index in [0.717, 1.165) is 44.9 Å². The number of nitrogens with zero attached hydrogens (tertiary/aromatic N) is 8. The second-order valence-corrected chi connectivity index (χ2v) is 13.2. The Labute approximate surface area is 319 Å². The Morgan fingerprint density at radius 3 is 1.95 bits per heavy atom. The zero-order chi connectivity index (χ0) is 37.6. The van der Waals surface area contributed by atoms with E-state index in [1.807, 2.05) is 97.3 Å². The molecule has 6 aromatic rings. The number of morpholine rings is 1. The van der Waals surface area contributed by atoms with Crippen molar-refractivity contribution in [3.05, 3.63) is 126 Å². The van der Waals surface area contributed by atoms with Crippen LogP contribution in [0.5, 0.6) is 11.5 Å². The van der Waals surface area contributed by atoms with Gasteiger partial charge in [-0.3, -0.25) is 9.88 Å². The molecule has 0 aliphatic carbocycles. The number of carbonyl (C=O) groups excluding carboxylic acids is 1. The highest BCUT2D eigenvalue weighted by Gasteiger charge is 2.32. The van der Waals surface area contributed by atoms with E-state index in [9.17, 15) is 4.79 Å². The fraction of sp³-hybridized carbons (Fsp3) is 0.238. The van der Waals surface area contributed by atoms with Gasteiger partial charge in [0.2, 0.25) is 11.9 Å². The highest BCUT2D eigenvalue weighted by molar-refractivity contribution is 6.03. The largest absolute Gasteiger partial charge is 0.497 e. The van der Waals surface area contributed by atoms with Crippen LogP contribution < -0.4 is 29.5 Å². The monoisotopic (exact) mass is 735 g/mol. The number of nitrogens with one attached hydrogen (secondary N) is 1. The Hall–Kier alpha value is -6.60. The third kappa shape index (κ3) is 8.02. The number of ether oxygens (including phenoxy) is 3. The molecule has 3 aromatic carbocycles. The number of carbonyl (C=O) groups is 1. The number of anilines is 4. The minimum Gasteiger partial charge on any atom is -0.497 e. The van der Waals surface area contributed by atoms with Gasteiger partial charge >= 0.3 is 6.03 Å². The zero-order valence-corrected chi connectivity index (χ0v) is 30.8. The third-order valence-electron chi connectivity index (χ3n) is 9.76. The topological polar surface area (TPSA) is 131 Å². The van der Waals surface area contributed by atoms with Crippen molar-refractivity contribution < 1.29 is 19.0 Å². The molecular weight excluding hydrogens is 695 g/mol. The van der Waals surface area contributed by atoms with Gasteiger partial charge < -0.3 is 29.3 Å². The Morgan fingerprint density at radius 2 is 1.35 bits per heavy atom. The fourth-order valence-corrected chi connectivity index (χ4v) is 6.77. The highest BCUT2D eigenvalue weighted by Crippen LogP contribution is 2.36. The third-order valence-corrected chi connectivity index (χ3v) is 9.76. The summed E-state index contributed by atoms with van der Waals surface area (Å²) >= 11 is 0. The van der Waals surface area contributed by atoms with E-state index in [-0.39, 0.29) is 6.03 Å². The van der Waals surface area contributed by atoms with E-state index in [1.165, 1.54) is 0 Å². The van der Waals surface area contributed by atoms with Crippen molar-refractivity contribution in [2.75, 3.05) is 67.1 Å². The molecule has 0 bridgehead atoms. The molecule has 55 heavy (non-hydrogen) atoms. The van der Waals surface area contributed by atoms with Gasteiger partial charge in [0.25, 0.3) is 0 Å². The average molecular weight is 736 g/mol. The van der Waals surface area contributed by atoms with Gasteiger partial charge in [-0.05, 0) is 77.2 Å². The Morgan fingerprint density at radius 1 is 0.745 bits per heavy atom. The number of fused-ring (bicyclic) bond motifs is 1. The molecule has 0 spiro atoms.